The van der Waals surface area contributed by atoms with Crippen LogP contribution in [0.3, 0.4) is 0 Å². The summed E-state index contributed by atoms with van der Waals surface area (Å²) in [5.74, 6) is 0.190. The second kappa shape index (κ2) is 9.93. The molecule has 15 heavy (non-hydrogen) atoms. The van der Waals surface area contributed by atoms with E-state index in [-0.39, 0.29) is 5.97 Å². The first kappa shape index (κ1) is 14.4. The molecule has 0 saturated carbocycles. The van der Waals surface area contributed by atoms with Crippen molar-refractivity contribution in [1.82, 2.24) is 0 Å². The average Bonchev–Trinajstić information content (AvgIpc) is 2.15. The van der Waals surface area contributed by atoms with E-state index in [1.807, 2.05) is 20.8 Å². The monoisotopic (exact) mass is 218 g/mol. The number of carbonyl (C=O) groups is 1. The lowest BCUT2D eigenvalue weighted by Gasteiger charge is -2.07. The number of esters is 1. The summed E-state index contributed by atoms with van der Waals surface area (Å²) < 4.78 is 15.2. The summed E-state index contributed by atoms with van der Waals surface area (Å²) in [4.78, 5) is 11.1. The van der Waals surface area contributed by atoms with Crippen molar-refractivity contribution in [2.24, 2.45) is 5.92 Å². The lowest BCUT2D eigenvalue weighted by Crippen LogP contribution is -2.14. The van der Waals surface area contributed by atoms with Gasteiger partial charge in [-0.3, -0.25) is 4.79 Å². The van der Waals surface area contributed by atoms with Crippen LogP contribution in [-0.2, 0) is 19.0 Å². The molecule has 4 nitrogen and oxygen atoms in total. The molecule has 0 aliphatic rings. The fraction of sp³-hybridized carbons (Fsp3) is 0.909. The van der Waals surface area contributed by atoms with Crippen LogP contribution in [0, 0.1) is 5.92 Å². The fourth-order valence-electron chi connectivity index (χ4n) is 0.971. The van der Waals surface area contributed by atoms with Crippen LogP contribution in [0.5, 0.6) is 0 Å². The zero-order valence-corrected chi connectivity index (χ0v) is 9.95. The van der Waals surface area contributed by atoms with E-state index >= 15 is 0 Å². The molecule has 0 aliphatic heterocycles. The minimum atomic E-state index is -0.154. The Morgan fingerprint density at radius 1 is 1.07 bits per heavy atom. The van der Waals surface area contributed by atoms with Crippen LogP contribution < -0.4 is 0 Å². The summed E-state index contributed by atoms with van der Waals surface area (Å²) in [5.41, 5.74) is 0. The van der Waals surface area contributed by atoms with E-state index in [1.54, 1.807) is 0 Å². The molecule has 4 heteroatoms. The van der Waals surface area contributed by atoms with Crippen molar-refractivity contribution in [1.29, 1.82) is 0 Å². The molecule has 0 N–H and O–H groups in total. The van der Waals surface area contributed by atoms with Gasteiger partial charge in [-0.2, -0.15) is 0 Å². The SMILES string of the molecule is CCOCCOCCOC(=O)CC(C)C. The Balaban J connectivity index is 3.13. The fourth-order valence-corrected chi connectivity index (χ4v) is 0.971. The molecule has 0 heterocycles. The first-order chi connectivity index (χ1) is 7.16. The summed E-state index contributed by atoms with van der Waals surface area (Å²) in [7, 11) is 0. The van der Waals surface area contributed by atoms with E-state index in [1.165, 1.54) is 0 Å². The van der Waals surface area contributed by atoms with Gasteiger partial charge in [0.25, 0.3) is 0 Å². The van der Waals surface area contributed by atoms with E-state index in [4.69, 9.17) is 14.2 Å². The zero-order valence-electron chi connectivity index (χ0n) is 9.95. The lowest BCUT2D eigenvalue weighted by atomic mass is 10.1. The molecule has 90 valence electrons. The van der Waals surface area contributed by atoms with Gasteiger partial charge < -0.3 is 14.2 Å². The van der Waals surface area contributed by atoms with E-state index in [2.05, 4.69) is 0 Å². The molecule has 0 aromatic heterocycles. The quantitative estimate of drug-likeness (QED) is 0.436. The van der Waals surface area contributed by atoms with Crippen LogP contribution >= 0.6 is 0 Å². The van der Waals surface area contributed by atoms with Crippen LogP contribution in [0.2, 0.25) is 0 Å². The van der Waals surface area contributed by atoms with Gasteiger partial charge in [-0.15, -0.1) is 0 Å². The van der Waals surface area contributed by atoms with Crippen LogP contribution in [0.4, 0.5) is 0 Å². The Morgan fingerprint density at radius 2 is 1.67 bits per heavy atom. The summed E-state index contributed by atoms with van der Waals surface area (Å²) in [6.07, 6.45) is 0.471. The van der Waals surface area contributed by atoms with E-state index in [9.17, 15) is 4.79 Å². The second-order valence-corrected chi connectivity index (χ2v) is 3.63. The molecule has 0 spiro atoms. The van der Waals surface area contributed by atoms with Gasteiger partial charge in [0.05, 0.1) is 19.8 Å². The summed E-state index contributed by atoms with van der Waals surface area (Å²) in [6.45, 7) is 8.53. The Bertz CT molecular complexity index is 157. The standard InChI is InChI=1S/C11H22O4/c1-4-13-5-6-14-7-8-15-11(12)9-10(2)3/h10H,4-9H2,1-3H3. The van der Waals surface area contributed by atoms with Crippen molar-refractivity contribution in [2.75, 3.05) is 33.0 Å². The second-order valence-electron chi connectivity index (χ2n) is 3.63. The summed E-state index contributed by atoms with van der Waals surface area (Å²) in [5, 5.41) is 0. The topological polar surface area (TPSA) is 44.8 Å². The molecular formula is C11H22O4. The zero-order chi connectivity index (χ0) is 11.5. The van der Waals surface area contributed by atoms with Gasteiger partial charge in [-0.05, 0) is 12.8 Å². The molecular weight excluding hydrogens is 196 g/mol. The van der Waals surface area contributed by atoms with Gasteiger partial charge in [0.1, 0.15) is 6.61 Å². The van der Waals surface area contributed by atoms with Crippen molar-refractivity contribution in [3.63, 3.8) is 0 Å². The average molecular weight is 218 g/mol. The molecule has 0 fully saturated rings. The van der Waals surface area contributed by atoms with Gasteiger partial charge in [-0.1, -0.05) is 13.8 Å². The Morgan fingerprint density at radius 3 is 2.27 bits per heavy atom. The first-order valence-corrected chi connectivity index (χ1v) is 5.48. The van der Waals surface area contributed by atoms with Crippen LogP contribution in [0.15, 0.2) is 0 Å². The predicted molar refractivity (Wildman–Crippen MR) is 57.7 cm³/mol. The maximum absolute atomic E-state index is 11.1. The Hall–Kier alpha value is -0.610. The number of hydrogen-bond donors (Lipinski definition) is 0. The summed E-state index contributed by atoms with van der Waals surface area (Å²) in [6, 6.07) is 0. The lowest BCUT2D eigenvalue weighted by molar-refractivity contribution is -0.146. The van der Waals surface area contributed by atoms with Crippen LogP contribution in [0.25, 0.3) is 0 Å². The third-order valence-corrected chi connectivity index (χ3v) is 1.64. The highest BCUT2D eigenvalue weighted by molar-refractivity contribution is 5.69. The first-order valence-electron chi connectivity index (χ1n) is 5.48. The third kappa shape index (κ3) is 11.3. The molecule has 0 unspecified atom stereocenters. The van der Waals surface area contributed by atoms with Crippen LogP contribution in [-0.4, -0.2) is 39.0 Å². The van der Waals surface area contributed by atoms with Crippen molar-refractivity contribution in [2.45, 2.75) is 27.2 Å². The molecule has 0 rings (SSSR count). The number of rotatable bonds is 9. The van der Waals surface area contributed by atoms with Gasteiger partial charge in [0, 0.05) is 13.0 Å². The maximum atomic E-state index is 11.1. The van der Waals surface area contributed by atoms with Crippen molar-refractivity contribution in [3.8, 4) is 0 Å². The minimum absolute atomic E-state index is 0.154. The van der Waals surface area contributed by atoms with E-state index in [0.717, 1.165) is 0 Å². The van der Waals surface area contributed by atoms with Gasteiger partial charge >= 0.3 is 5.97 Å². The molecule has 0 radical (unpaired) electrons. The van der Waals surface area contributed by atoms with E-state index in [0.29, 0.717) is 45.4 Å². The normalized spacial score (nSPS) is 10.7. The molecule has 0 saturated heterocycles. The Kier molecular flexibility index (Phi) is 9.52. The highest BCUT2D eigenvalue weighted by atomic mass is 16.6. The van der Waals surface area contributed by atoms with Crippen molar-refractivity contribution < 1.29 is 19.0 Å². The number of ether oxygens (including phenoxy) is 3. The smallest absolute Gasteiger partial charge is 0.306 e. The minimum Gasteiger partial charge on any atom is -0.463 e. The predicted octanol–water partition coefficient (Wildman–Crippen LogP) is 1.63. The molecule has 0 aliphatic carbocycles. The highest BCUT2D eigenvalue weighted by Gasteiger charge is 2.05. The van der Waals surface area contributed by atoms with Gasteiger partial charge in [-0.25, -0.2) is 0 Å². The van der Waals surface area contributed by atoms with Gasteiger partial charge in [0.15, 0.2) is 0 Å². The highest BCUT2D eigenvalue weighted by Crippen LogP contribution is 2.00. The molecule has 0 aromatic rings. The van der Waals surface area contributed by atoms with Crippen LogP contribution in [0.1, 0.15) is 27.2 Å². The molecule has 0 atom stereocenters. The molecule has 0 aromatic carbocycles. The summed E-state index contributed by atoms with van der Waals surface area (Å²) >= 11 is 0. The molecule has 0 bridgehead atoms. The maximum Gasteiger partial charge on any atom is 0.306 e. The Labute approximate surface area is 91.9 Å². The third-order valence-electron chi connectivity index (χ3n) is 1.64. The number of hydrogen-bond acceptors (Lipinski definition) is 4. The molecule has 0 amide bonds. The van der Waals surface area contributed by atoms with Crippen molar-refractivity contribution >= 4 is 5.97 Å². The van der Waals surface area contributed by atoms with Gasteiger partial charge in [0.2, 0.25) is 0 Å². The largest absolute Gasteiger partial charge is 0.463 e. The van der Waals surface area contributed by atoms with Crippen molar-refractivity contribution in [3.05, 3.63) is 0 Å². The number of carbonyl (C=O) groups excluding carboxylic acids is 1. The van der Waals surface area contributed by atoms with E-state index < -0.39 is 0 Å².